The monoisotopic (exact) mass is 269 g/mol. The predicted octanol–water partition coefficient (Wildman–Crippen LogP) is 1.09. The normalized spacial score (nSPS) is 18.4. The van der Waals surface area contributed by atoms with Crippen LogP contribution in [0.3, 0.4) is 0 Å². The molecule has 0 spiro atoms. The van der Waals surface area contributed by atoms with Crippen molar-refractivity contribution >= 4 is 17.7 Å². The molecule has 1 atom stereocenters. The minimum absolute atomic E-state index is 0.132. The topological polar surface area (TPSA) is 63.9 Å². The molecule has 0 N–H and O–H groups in total. The molecule has 1 aromatic rings. The van der Waals surface area contributed by atoms with E-state index in [-0.39, 0.29) is 11.2 Å². The number of likely N-dealkylation sites (tertiary alicyclic amines) is 1. The van der Waals surface area contributed by atoms with E-state index in [9.17, 15) is 4.79 Å². The van der Waals surface area contributed by atoms with Crippen LogP contribution in [-0.4, -0.2) is 49.4 Å². The third-order valence-corrected chi connectivity index (χ3v) is 4.24. The zero-order chi connectivity index (χ0) is 13.0. The fourth-order valence-corrected chi connectivity index (χ4v) is 2.92. The first-order valence-electron chi connectivity index (χ1n) is 6.36. The highest BCUT2D eigenvalue weighted by Crippen LogP contribution is 2.22. The Morgan fingerprint density at radius 1 is 1.28 bits per heavy atom. The molecule has 1 saturated heterocycles. The highest BCUT2D eigenvalue weighted by atomic mass is 32.2. The molecule has 100 valence electrons. The number of aryl methyl sites for hydroxylation is 1. The summed E-state index contributed by atoms with van der Waals surface area (Å²) in [6, 6.07) is 0. The van der Waals surface area contributed by atoms with Gasteiger partial charge in [0.25, 0.3) is 0 Å². The number of hydrogen-bond acceptors (Lipinski definition) is 5. The lowest BCUT2D eigenvalue weighted by atomic mass is 10.2. The van der Waals surface area contributed by atoms with Crippen LogP contribution in [0.2, 0.25) is 0 Å². The van der Waals surface area contributed by atoms with Crippen LogP contribution >= 0.6 is 11.8 Å². The second-order valence-electron chi connectivity index (χ2n) is 4.58. The first-order valence-corrected chi connectivity index (χ1v) is 7.24. The first-order chi connectivity index (χ1) is 8.68. The molecule has 0 unspecified atom stereocenters. The van der Waals surface area contributed by atoms with Gasteiger partial charge >= 0.3 is 0 Å². The molecule has 0 bridgehead atoms. The number of hydrogen-bond donors (Lipinski definition) is 0. The summed E-state index contributed by atoms with van der Waals surface area (Å²) in [5.74, 6) is 0.199. The third kappa shape index (κ3) is 3.22. The van der Waals surface area contributed by atoms with E-state index >= 15 is 0 Å². The first kappa shape index (κ1) is 13.3. The largest absolute Gasteiger partial charge is 0.342 e. The molecular formula is C11H19N5OS. The fraction of sp³-hybridized carbons (Fsp3) is 0.818. The Labute approximate surface area is 111 Å². The summed E-state index contributed by atoms with van der Waals surface area (Å²) in [4.78, 5) is 14.3. The van der Waals surface area contributed by atoms with Gasteiger partial charge in [-0.1, -0.05) is 24.6 Å². The van der Waals surface area contributed by atoms with Crippen molar-refractivity contribution in [1.82, 2.24) is 25.1 Å². The molecule has 1 fully saturated rings. The van der Waals surface area contributed by atoms with Crippen molar-refractivity contribution in [3.63, 3.8) is 0 Å². The molecule has 0 aliphatic carbocycles. The number of amides is 1. The maximum absolute atomic E-state index is 12.3. The molecule has 0 aromatic carbocycles. The van der Waals surface area contributed by atoms with Crippen LogP contribution in [0, 0.1) is 0 Å². The molecule has 0 saturated carbocycles. The van der Waals surface area contributed by atoms with Gasteiger partial charge < -0.3 is 4.90 Å². The minimum atomic E-state index is -0.132. The molecule has 1 amide bonds. The van der Waals surface area contributed by atoms with Crippen LogP contribution in [-0.2, 0) is 11.8 Å². The van der Waals surface area contributed by atoms with Crippen LogP contribution in [0.1, 0.15) is 32.6 Å². The van der Waals surface area contributed by atoms with Crippen molar-refractivity contribution in [2.75, 3.05) is 13.1 Å². The molecule has 6 nitrogen and oxygen atoms in total. The van der Waals surface area contributed by atoms with Gasteiger partial charge in [0.15, 0.2) is 0 Å². The summed E-state index contributed by atoms with van der Waals surface area (Å²) in [5, 5.41) is 11.8. The van der Waals surface area contributed by atoms with E-state index in [0.29, 0.717) is 5.16 Å². The number of carbonyl (C=O) groups is 1. The molecule has 1 aromatic heterocycles. The molecule has 18 heavy (non-hydrogen) atoms. The lowest BCUT2D eigenvalue weighted by Gasteiger charge is -2.23. The van der Waals surface area contributed by atoms with Gasteiger partial charge in [-0.3, -0.25) is 4.79 Å². The van der Waals surface area contributed by atoms with E-state index in [1.165, 1.54) is 24.6 Å². The molecule has 1 aliphatic heterocycles. The van der Waals surface area contributed by atoms with Crippen molar-refractivity contribution in [3.05, 3.63) is 0 Å². The predicted molar refractivity (Wildman–Crippen MR) is 69.2 cm³/mol. The van der Waals surface area contributed by atoms with Gasteiger partial charge in [-0.25, -0.2) is 4.68 Å². The third-order valence-electron chi connectivity index (χ3n) is 3.13. The zero-order valence-corrected chi connectivity index (χ0v) is 11.7. The summed E-state index contributed by atoms with van der Waals surface area (Å²) in [6.45, 7) is 3.70. The summed E-state index contributed by atoms with van der Waals surface area (Å²) in [6.07, 6.45) is 4.71. The Balaban J connectivity index is 1.93. The second-order valence-corrected chi connectivity index (χ2v) is 5.89. The summed E-state index contributed by atoms with van der Waals surface area (Å²) in [5.41, 5.74) is 0. The second kappa shape index (κ2) is 6.17. The number of aromatic nitrogens is 4. The molecule has 2 rings (SSSR count). The van der Waals surface area contributed by atoms with Crippen molar-refractivity contribution in [3.8, 4) is 0 Å². The fourth-order valence-electron chi connectivity index (χ4n) is 2.08. The Kier molecular flexibility index (Phi) is 4.57. The van der Waals surface area contributed by atoms with E-state index in [2.05, 4.69) is 15.5 Å². The van der Waals surface area contributed by atoms with E-state index in [0.717, 1.165) is 25.9 Å². The van der Waals surface area contributed by atoms with Crippen molar-refractivity contribution in [2.45, 2.75) is 43.0 Å². The van der Waals surface area contributed by atoms with Gasteiger partial charge in [-0.15, -0.1) is 5.10 Å². The zero-order valence-electron chi connectivity index (χ0n) is 10.9. The molecule has 2 heterocycles. The van der Waals surface area contributed by atoms with Crippen LogP contribution < -0.4 is 0 Å². The Bertz CT molecular complexity index is 400. The van der Waals surface area contributed by atoms with Crippen LogP contribution in [0.5, 0.6) is 0 Å². The maximum atomic E-state index is 12.3. The molecule has 7 heteroatoms. The van der Waals surface area contributed by atoms with Crippen LogP contribution in [0.15, 0.2) is 5.16 Å². The minimum Gasteiger partial charge on any atom is -0.342 e. The standard InChI is InChI=1S/C11H19N5OS/c1-9(18-11-12-13-14-15(11)2)10(17)16-7-5-3-4-6-8-16/h9H,3-8H2,1-2H3/t9-/m1/s1. The maximum Gasteiger partial charge on any atom is 0.235 e. The Morgan fingerprint density at radius 2 is 1.94 bits per heavy atom. The van der Waals surface area contributed by atoms with Gasteiger partial charge in [0, 0.05) is 20.1 Å². The summed E-state index contributed by atoms with van der Waals surface area (Å²) >= 11 is 1.42. The van der Waals surface area contributed by atoms with Crippen molar-refractivity contribution in [2.24, 2.45) is 7.05 Å². The van der Waals surface area contributed by atoms with Gasteiger partial charge in [-0.2, -0.15) is 0 Å². The quantitative estimate of drug-likeness (QED) is 0.769. The van der Waals surface area contributed by atoms with Gasteiger partial charge in [0.1, 0.15) is 0 Å². The highest BCUT2D eigenvalue weighted by molar-refractivity contribution is 8.00. The number of tetrazole rings is 1. The van der Waals surface area contributed by atoms with Crippen LogP contribution in [0.25, 0.3) is 0 Å². The molecule has 1 aliphatic rings. The molecule has 0 radical (unpaired) electrons. The Morgan fingerprint density at radius 3 is 2.50 bits per heavy atom. The van der Waals surface area contributed by atoms with Crippen LogP contribution in [0.4, 0.5) is 0 Å². The smallest absolute Gasteiger partial charge is 0.235 e. The number of carbonyl (C=O) groups excluding carboxylic acids is 1. The molecular weight excluding hydrogens is 250 g/mol. The van der Waals surface area contributed by atoms with E-state index in [1.54, 1.807) is 11.7 Å². The van der Waals surface area contributed by atoms with Gasteiger partial charge in [-0.05, 0) is 30.2 Å². The van der Waals surface area contributed by atoms with Crippen molar-refractivity contribution in [1.29, 1.82) is 0 Å². The summed E-state index contributed by atoms with van der Waals surface area (Å²) < 4.78 is 1.59. The number of thioether (sulfide) groups is 1. The average Bonchev–Trinajstić information content (AvgIpc) is 2.63. The number of rotatable bonds is 3. The van der Waals surface area contributed by atoms with E-state index < -0.39 is 0 Å². The van der Waals surface area contributed by atoms with E-state index in [4.69, 9.17) is 0 Å². The Hall–Kier alpha value is -1.11. The lowest BCUT2D eigenvalue weighted by Crippen LogP contribution is -2.37. The van der Waals surface area contributed by atoms with Gasteiger partial charge in [0.05, 0.1) is 5.25 Å². The number of nitrogens with zero attached hydrogens (tertiary/aromatic N) is 5. The highest BCUT2D eigenvalue weighted by Gasteiger charge is 2.23. The SMILES string of the molecule is C[C@@H](Sc1nnnn1C)C(=O)N1CCCCCC1. The average molecular weight is 269 g/mol. The van der Waals surface area contributed by atoms with Crippen molar-refractivity contribution < 1.29 is 4.79 Å². The van der Waals surface area contributed by atoms with Gasteiger partial charge in [0.2, 0.25) is 11.1 Å². The summed E-state index contributed by atoms with van der Waals surface area (Å²) in [7, 11) is 1.78. The van der Waals surface area contributed by atoms with E-state index in [1.807, 2.05) is 11.8 Å². The lowest BCUT2D eigenvalue weighted by molar-refractivity contribution is -0.130.